The van der Waals surface area contributed by atoms with Gasteiger partial charge in [-0.15, -0.1) is 15.3 Å². The Balaban J connectivity index is 1.48. The van der Waals surface area contributed by atoms with Crippen molar-refractivity contribution in [3.8, 4) is 0 Å². The van der Waals surface area contributed by atoms with E-state index in [4.69, 9.17) is 0 Å². The number of nitrogens with zero attached hydrogens (tertiary/aromatic N) is 8. The Morgan fingerprint density at radius 2 is 2.06 bits per heavy atom. The molecule has 0 spiro atoms. The Bertz CT molecular complexity index is 916. The number of rotatable bonds is 7. The number of hydrogen-bond acceptors (Lipinski definition) is 8. The summed E-state index contributed by atoms with van der Waals surface area (Å²) in [6.07, 6.45) is 4.80. The van der Waals surface area contributed by atoms with Crippen LogP contribution in [-0.2, 0) is 16.1 Å². The van der Waals surface area contributed by atoms with Gasteiger partial charge >= 0.3 is 0 Å². The fourth-order valence-corrected chi connectivity index (χ4v) is 4.01. The Labute approximate surface area is 180 Å². The minimum absolute atomic E-state index is 0.109. The van der Waals surface area contributed by atoms with E-state index in [0.29, 0.717) is 19.0 Å². The van der Waals surface area contributed by atoms with Crippen molar-refractivity contribution < 1.29 is 14.7 Å². The van der Waals surface area contributed by atoms with E-state index in [0.717, 1.165) is 18.5 Å². The summed E-state index contributed by atoms with van der Waals surface area (Å²) in [6, 6.07) is -1.38. The summed E-state index contributed by atoms with van der Waals surface area (Å²) in [7, 11) is 0. The molecule has 2 fully saturated rings. The summed E-state index contributed by atoms with van der Waals surface area (Å²) in [5.74, 6) is -0.125. The molecular formula is C19H29N9O3. The lowest BCUT2D eigenvalue weighted by Gasteiger charge is -2.34. The molecule has 2 aromatic rings. The van der Waals surface area contributed by atoms with Crippen molar-refractivity contribution in [1.82, 2.24) is 45.4 Å². The van der Waals surface area contributed by atoms with Crippen LogP contribution in [0.1, 0.15) is 57.7 Å². The standard InChI is InChI=1S/C19H29N9O3/c1-19(2,3)16(27-10-14(23-25-27)12-4-5-12)18(31)26-9-13(29)8-15(26)17(30)20-6-7-28-22-11-21-24-28/h10-13,15-16,29H,4-9H2,1-3H3,(H,20,30)/t13-,15+,16-/m1/s1. The second-order valence-corrected chi connectivity index (χ2v) is 9.38. The predicted octanol–water partition coefficient (Wildman–Crippen LogP) is -0.493. The van der Waals surface area contributed by atoms with Crippen LogP contribution in [0.4, 0.5) is 0 Å². The number of carbonyl (C=O) groups excluding carboxylic acids is 2. The van der Waals surface area contributed by atoms with Gasteiger partial charge in [-0.05, 0) is 23.5 Å². The second kappa shape index (κ2) is 8.33. The van der Waals surface area contributed by atoms with Gasteiger partial charge in [0.1, 0.15) is 12.1 Å². The summed E-state index contributed by atoms with van der Waals surface area (Å²) in [5.41, 5.74) is 0.443. The number of aromatic nitrogens is 7. The van der Waals surface area contributed by atoms with Crippen LogP contribution in [0.3, 0.4) is 0 Å². The molecule has 12 heteroatoms. The maximum atomic E-state index is 13.6. The maximum absolute atomic E-state index is 13.6. The molecule has 3 atom stereocenters. The predicted molar refractivity (Wildman–Crippen MR) is 107 cm³/mol. The van der Waals surface area contributed by atoms with E-state index in [-0.39, 0.29) is 24.8 Å². The Morgan fingerprint density at radius 1 is 1.29 bits per heavy atom. The fourth-order valence-electron chi connectivity index (χ4n) is 4.01. The van der Waals surface area contributed by atoms with E-state index in [2.05, 4.69) is 31.0 Å². The average Bonchev–Trinajstić information content (AvgIpc) is 3.07. The van der Waals surface area contributed by atoms with Gasteiger partial charge in [-0.3, -0.25) is 9.59 Å². The molecule has 1 saturated heterocycles. The van der Waals surface area contributed by atoms with Gasteiger partial charge in [0.25, 0.3) is 0 Å². The van der Waals surface area contributed by atoms with Gasteiger partial charge in [0, 0.05) is 31.6 Å². The van der Waals surface area contributed by atoms with Crippen molar-refractivity contribution in [3.63, 3.8) is 0 Å². The molecular weight excluding hydrogens is 402 g/mol. The highest BCUT2D eigenvalue weighted by Crippen LogP contribution is 2.40. The highest BCUT2D eigenvalue weighted by Gasteiger charge is 2.45. The number of hydrogen-bond donors (Lipinski definition) is 2. The van der Waals surface area contributed by atoms with Crippen LogP contribution >= 0.6 is 0 Å². The van der Waals surface area contributed by atoms with Crippen LogP contribution in [0.2, 0.25) is 0 Å². The molecule has 0 aromatic carbocycles. The minimum Gasteiger partial charge on any atom is -0.391 e. The first-order valence-electron chi connectivity index (χ1n) is 10.6. The molecule has 168 valence electrons. The summed E-state index contributed by atoms with van der Waals surface area (Å²) in [4.78, 5) is 29.3. The van der Waals surface area contributed by atoms with Gasteiger partial charge in [-0.25, -0.2) is 4.68 Å². The van der Waals surface area contributed by atoms with E-state index in [9.17, 15) is 14.7 Å². The van der Waals surface area contributed by atoms with Gasteiger partial charge in [-0.2, -0.15) is 4.80 Å². The van der Waals surface area contributed by atoms with E-state index < -0.39 is 23.6 Å². The number of amides is 2. The molecule has 2 aliphatic rings. The molecule has 3 heterocycles. The van der Waals surface area contributed by atoms with E-state index in [1.54, 1.807) is 4.68 Å². The van der Waals surface area contributed by atoms with Crippen molar-refractivity contribution in [2.45, 2.75) is 70.7 Å². The zero-order chi connectivity index (χ0) is 22.2. The van der Waals surface area contributed by atoms with Crippen LogP contribution in [0.25, 0.3) is 0 Å². The van der Waals surface area contributed by atoms with Crippen molar-refractivity contribution in [2.24, 2.45) is 5.41 Å². The summed E-state index contributed by atoms with van der Waals surface area (Å²) in [5, 5.41) is 32.8. The summed E-state index contributed by atoms with van der Waals surface area (Å²) >= 11 is 0. The van der Waals surface area contributed by atoms with E-state index in [1.807, 2.05) is 27.0 Å². The second-order valence-electron chi connectivity index (χ2n) is 9.38. The molecule has 1 saturated carbocycles. The summed E-state index contributed by atoms with van der Waals surface area (Å²) < 4.78 is 1.62. The SMILES string of the molecule is CC(C)(C)[C@@H](C(=O)N1C[C@H](O)C[C@H]1C(=O)NCCn1ncnn1)n1cc(C2CC2)nn1. The minimum atomic E-state index is -0.755. The molecule has 31 heavy (non-hydrogen) atoms. The van der Waals surface area contributed by atoms with Crippen molar-refractivity contribution >= 4 is 11.8 Å². The first kappa shape index (κ1) is 21.3. The van der Waals surface area contributed by atoms with Crippen molar-refractivity contribution in [1.29, 1.82) is 0 Å². The molecule has 0 unspecified atom stereocenters. The third-order valence-corrected chi connectivity index (χ3v) is 5.71. The third kappa shape index (κ3) is 4.73. The molecule has 2 aromatic heterocycles. The lowest BCUT2D eigenvalue weighted by atomic mass is 9.85. The first-order valence-corrected chi connectivity index (χ1v) is 10.6. The van der Waals surface area contributed by atoms with Crippen LogP contribution in [-0.4, -0.2) is 82.3 Å². The summed E-state index contributed by atoms with van der Waals surface area (Å²) in [6.45, 7) is 6.64. The molecule has 0 radical (unpaired) electrons. The number of β-amino-alcohol motifs (C(OH)–C–C–N with tert-alkyl or cyclic N) is 1. The molecule has 4 rings (SSSR count). The fraction of sp³-hybridized carbons (Fsp3) is 0.737. The number of carbonyl (C=O) groups is 2. The van der Waals surface area contributed by atoms with Crippen molar-refractivity contribution in [3.05, 3.63) is 18.2 Å². The van der Waals surface area contributed by atoms with Gasteiger partial charge in [0.15, 0.2) is 6.33 Å². The largest absolute Gasteiger partial charge is 0.391 e. The smallest absolute Gasteiger partial charge is 0.248 e. The van der Waals surface area contributed by atoms with Crippen molar-refractivity contribution in [2.75, 3.05) is 13.1 Å². The lowest BCUT2D eigenvalue weighted by molar-refractivity contribution is -0.144. The van der Waals surface area contributed by atoms with Crippen LogP contribution < -0.4 is 5.32 Å². The Kier molecular flexibility index (Phi) is 5.73. The Morgan fingerprint density at radius 3 is 2.71 bits per heavy atom. The number of aliphatic hydroxyl groups excluding tert-OH is 1. The van der Waals surface area contributed by atoms with Gasteiger partial charge in [-0.1, -0.05) is 26.0 Å². The Hall–Kier alpha value is -2.89. The maximum Gasteiger partial charge on any atom is 0.248 e. The number of likely N-dealkylation sites (tertiary alicyclic amines) is 1. The zero-order valence-corrected chi connectivity index (χ0v) is 18.0. The number of nitrogens with one attached hydrogen (secondary N) is 1. The number of tetrazole rings is 1. The molecule has 1 aliphatic carbocycles. The monoisotopic (exact) mass is 431 g/mol. The topological polar surface area (TPSA) is 144 Å². The normalized spacial score (nSPS) is 22.5. The molecule has 2 amide bonds. The first-order chi connectivity index (χ1) is 14.7. The highest BCUT2D eigenvalue weighted by atomic mass is 16.3. The molecule has 2 N–H and O–H groups in total. The van der Waals surface area contributed by atoms with Gasteiger partial charge < -0.3 is 15.3 Å². The zero-order valence-electron chi connectivity index (χ0n) is 18.0. The van der Waals surface area contributed by atoms with Crippen LogP contribution in [0, 0.1) is 5.41 Å². The van der Waals surface area contributed by atoms with E-state index in [1.165, 1.54) is 16.0 Å². The average molecular weight is 432 g/mol. The quantitative estimate of drug-likeness (QED) is 0.597. The van der Waals surface area contributed by atoms with E-state index >= 15 is 0 Å². The molecule has 1 aliphatic heterocycles. The number of aliphatic hydroxyl groups is 1. The van der Waals surface area contributed by atoms with Gasteiger partial charge in [0.2, 0.25) is 11.8 Å². The molecule has 0 bridgehead atoms. The molecule has 12 nitrogen and oxygen atoms in total. The van der Waals surface area contributed by atoms with Crippen LogP contribution in [0.5, 0.6) is 0 Å². The highest BCUT2D eigenvalue weighted by molar-refractivity contribution is 5.90. The lowest BCUT2D eigenvalue weighted by Crippen LogP contribution is -2.50. The van der Waals surface area contributed by atoms with Gasteiger partial charge in [0.05, 0.1) is 18.3 Å². The third-order valence-electron chi connectivity index (χ3n) is 5.71. The van der Waals surface area contributed by atoms with Crippen LogP contribution in [0.15, 0.2) is 12.5 Å².